The van der Waals surface area contributed by atoms with Crippen LogP contribution in [0.5, 0.6) is 0 Å². The molecule has 0 aliphatic carbocycles. The summed E-state index contributed by atoms with van der Waals surface area (Å²) in [6.45, 7) is 4.53. The minimum atomic E-state index is -0.0185. The Morgan fingerprint density at radius 1 is 0.556 bits per heavy atom. The Kier molecular flexibility index (Phi) is 23.7. The summed E-state index contributed by atoms with van der Waals surface area (Å²) in [6, 6.07) is 0. The van der Waals surface area contributed by atoms with Crippen LogP contribution in [0.4, 0.5) is 0 Å². The summed E-state index contributed by atoms with van der Waals surface area (Å²) in [5.41, 5.74) is 0. The van der Waals surface area contributed by atoms with E-state index in [2.05, 4.69) is 13.8 Å². The molecule has 27 heavy (non-hydrogen) atoms. The van der Waals surface area contributed by atoms with E-state index < -0.39 is 0 Å². The summed E-state index contributed by atoms with van der Waals surface area (Å²) in [5.74, 6) is 0.940. The highest BCUT2D eigenvalue weighted by molar-refractivity contribution is 7.95. The van der Waals surface area contributed by atoms with E-state index in [1.807, 2.05) is 0 Å². The summed E-state index contributed by atoms with van der Waals surface area (Å²) < 4.78 is 5.27. The zero-order chi connectivity index (χ0) is 19.8. The van der Waals surface area contributed by atoms with Crippen LogP contribution in [-0.4, -0.2) is 11.7 Å². The summed E-state index contributed by atoms with van der Waals surface area (Å²) in [6.07, 6.45) is 25.7. The standard InChI is InChI=1S/C24H48O2S/c1-3-5-7-9-11-13-15-17-19-21-23-27-26-24(25)22-20-18-16-14-12-10-8-6-4-2/h3-23H2,1-2H3. The molecule has 0 aromatic heterocycles. The van der Waals surface area contributed by atoms with E-state index in [1.165, 1.54) is 128 Å². The highest BCUT2D eigenvalue weighted by Crippen LogP contribution is 2.15. The van der Waals surface area contributed by atoms with Gasteiger partial charge in [-0.2, -0.15) is 0 Å². The van der Waals surface area contributed by atoms with Crippen LogP contribution in [-0.2, 0) is 8.98 Å². The molecule has 0 aromatic rings. The fraction of sp³-hybridized carbons (Fsp3) is 0.958. The average molecular weight is 401 g/mol. The van der Waals surface area contributed by atoms with Crippen molar-refractivity contribution in [3.63, 3.8) is 0 Å². The van der Waals surface area contributed by atoms with Crippen molar-refractivity contribution in [1.29, 1.82) is 0 Å². The molecule has 0 rings (SSSR count). The maximum absolute atomic E-state index is 11.7. The van der Waals surface area contributed by atoms with E-state index in [9.17, 15) is 4.79 Å². The van der Waals surface area contributed by atoms with Gasteiger partial charge in [-0.1, -0.05) is 123 Å². The van der Waals surface area contributed by atoms with Gasteiger partial charge in [0.25, 0.3) is 0 Å². The fourth-order valence-corrected chi connectivity index (χ4v) is 4.00. The number of hydrogen-bond acceptors (Lipinski definition) is 3. The van der Waals surface area contributed by atoms with Gasteiger partial charge in [-0.3, -0.25) is 4.79 Å². The Bertz CT molecular complexity index is 294. The van der Waals surface area contributed by atoms with E-state index in [-0.39, 0.29) is 5.97 Å². The van der Waals surface area contributed by atoms with Gasteiger partial charge in [0.1, 0.15) is 0 Å². The van der Waals surface area contributed by atoms with Crippen LogP contribution in [0.3, 0.4) is 0 Å². The lowest BCUT2D eigenvalue weighted by Gasteiger charge is -2.04. The summed E-state index contributed by atoms with van der Waals surface area (Å²) in [5, 5.41) is 0. The predicted molar refractivity (Wildman–Crippen MR) is 122 cm³/mol. The molecule has 0 aliphatic rings. The maximum atomic E-state index is 11.7. The second kappa shape index (κ2) is 23.9. The predicted octanol–water partition coefficient (Wildman–Crippen LogP) is 9.02. The second-order valence-corrected chi connectivity index (χ2v) is 8.85. The van der Waals surface area contributed by atoms with Crippen LogP contribution in [0.25, 0.3) is 0 Å². The first kappa shape index (κ1) is 26.8. The van der Waals surface area contributed by atoms with Crippen LogP contribution < -0.4 is 0 Å². The van der Waals surface area contributed by atoms with Crippen molar-refractivity contribution >= 4 is 18.0 Å². The van der Waals surface area contributed by atoms with Crippen LogP contribution in [0.15, 0.2) is 0 Å². The molecular formula is C24H48O2S. The number of rotatable bonds is 22. The molecule has 0 aliphatic heterocycles. The molecule has 0 saturated carbocycles. The Hall–Kier alpha value is -0.180. The van der Waals surface area contributed by atoms with Crippen molar-refractivity contribution in [1.82, 2.24) is 0 Å². The molecule has 0 unspecified atom stereocenters. The minimum Gasteiger partial charge on any atom is -0.391 e. The molecule has 0 radical (unpaired) electrons. The molecule has 0 saturated heterocycles. The largest absolute Gasteiger partial charge is 0.391 e. The Balaban J connectivity index is 3.13. The first-order valence-electron chi connectivity index (χ1n) is 12.1. The third-order valence-corrected chi connectivity index (χ3v) is 5.98. The highest BCUT2D eigenvalue weighted by atomic mass is 32.2. The molecule has 0 fully saturated rings. The van der Waals surface area contributed by atoms with Gasteiger partial charge in [0.15, 0.2) is 0 Å². The molecule has 0 N–H and O–H groups in total. The lowest BCUT2D eigenvalue weighted by atomic mass is 10.1. The van der Waals surface area contributed by atoms with Gasteiger partial charge < -0.3 is 4.18 Å². The molecule has 3 heteroatoms. The van der Waals surface area contributed by atoms with E-state index in [4.69, 9.17) is 4.18 Å². The minimum absolute atomic E-state index is 0.0185. The van der Waals surface area contributed by atoms with E-state index in [1.54, 1.807) is 0 Å². The van der Waals surface area contributed by atoms with Crippen molar-refractivity contribution in [2.24, 2.45) is 0 Å². The first-order chi connectivity index (χ1) is 13.3. The summed E-state index contributed by atoms with van der Waals surface area (Å²) >= 11 is 1.37. The van der Waals surface area contributed by atoms with E-state index in [0.29, 0.717) is 6.42 Å². The zero-order valence-corrected chi connectivity index (χ0v) is 19.4. The highest BCUT2D eigenvalue weighted by Gasteiger charge is 2.03. The smallest absolute Gasteiger partial charge is 0.317 e. The number of carbonyl (C=O) groups is 1. The topological polar surface area (TPSA) is 26.3 Å². The van der Waals surface area contributed by atoms with Crippen molar-refractivity contribution in [3.8, 4) is 0 Å². The molecule has 0 atom stereocenters. The lowest BCUT2D eigenvalue weighted by molar-refractivity contribution is -0.133. The van der Waals surface area contributed by atoms with E-state index in [0.717, 1.165) is 12.2 Å². The average Bonchev–Trinajstić information content (AvgIpc) is 2.67. The molecule has 0 bridgehead atoms. The fourth-order valence-electron chi connectivity index (χ4n) is 3.38. The Morgan fingerprint density at radius 3 is 1.37 bits per heavy atom. The second-order valence-electron chi connectivity index (χ2n) is 8.04. The van der Waals surface area contributed by atoms with Gasteiger partial charge in [0, 0.05) is 12.2 Å². The number of unbranched alkanes of at least 4 members (excludes halogenated alkanes) is 17. The molecule has 0 spiro atoms. The normalized spacial score (nSPS) is 11.0. The summed E-state index contributed by atoms with van der Waals surface area (Å²) in [4.78, 5) is 11.7. The van der Waals surface area contributed by atoms with E-state index >= 15 is 0 Å². The van der Waals surface area contributed by atoms with Crippen molar-refractivity contribution in [2.75, 3.05) is 5.75 Å². The van der Waals surface area contributed by atoms with Gasteiger partial charge in [0.2, 0.25) is 0 Å². The van der Waals surface area contributed by atoms with Crippen LogP contribution in [0, 0.1) is 0 Å². The Labute approximate surface area is 175 Å². The van der Waals surface area contributed by atoms with Gasteiger partial charge in [0.05, 0.1) is 12.0 Å². The van der Waals surface area contributed by atoms with Crippen molar-refractivity contribution in [2.45, 2.75) is 142 Å². The number of hydrogen-bond donors (Lipinski definition) is 0. The maximum Gasteiger partial charge on any atom is 0.317 e. The quantitative estimate of drug-likeness (QED) is 0.134. The molecule has 0 amide bonds. The lowest BCUT2D eigenvalue weighted by Crippen LogP contribution is -1.99. The van der Waals surface area contributed by atoms with Crippen LogP contribution in [0.2, 0.25) is 0 Å². The molecule has 0 aromatic carbocycles. The molecule has 0 heterocycles. The first-order valence-corrected chi connectivity index (χ1v) is 13.0. The van der Waals surface area contributed by atoms with Crippen LogP contribution in [0.1, 0.15) is 142 Å². The zero-order valence-electron chi connectivity index (χ0n) is 18.6. The van der Waals surface area contributed by atoms with Gasteiger partial charge in [-0.15, -0.1) is 0 Å². The SMILES string of the molecule is CCCCCCCCCCCCSOC(=O)CCCCCCCCCCC. The third kappa shape index (κ3) is 23.8. The summed E-state index contributed by atoms with van der Waals surface area (Å²) in [7, 11) is 0. The molecule has 162 valence electrons. The van der Waals surface area contributed by atoms with Gasteiger partial charge >= 0.3 is 5.97 Å². The number of carbonyl (C=O) groups excluding carboxylic acids is 1. The van der Waals surface area contributed by atoms with Gasteiger partial charge in [-0.25, -0.2) is 0 Å². The van der Waals surface area contributed by atoms with Crippen molar-refractivity contribution < 1.29 is 8.98 Å². The van der Waals surface area contributed by atoms with Gasteiger partial charge in [-0.05, 0) is 12.8 Å². The van der Waals surface area contributed by atoms with Crippen LogP contribution >= 0.6 is 12.0 Å². The molecule has 2 nitrogen and oxygen atoms in total. The van der Waals surface area contributed by atoms with Crippen molar-refractivity contribution in [3.05, 3.63) is 0 Å². The monoisotopic (exact) mass is 400 g/mol. The Morgan fingerprint density at radius 2 is 0.926 bits per heavy atom. The third-order valence-electron chi connectivity index (χ3n) is 5.22. The molecular weight excluding hydrogens is 352 g/mol.